The van der Waals surface area contributed by atoms with E-state index >= 15 is 0 Å². The molecular formula is C10H18N2O3S. The minimum atomic E-state index is -2.96. The molecule has 92 valence electrons. The van der Waals surface area contributed by atoms with Crippen LogP contribution in [0.25, 0.3) is 0 Å². The molecule has 0 bridgehead atoms. The normalized spacial score (nSPS) is 32.8. The summed E-state index contributed by atoms with van der Waals surface area (Å²) in [4.78, 5) is 13.8. The predicted octanol–water partition coefficient (Wildman–Crippen LogP) is -0.759. The Kier molecular flexibility index (Phi) is 3.21. The fraction of sp³-hybridized carbons (Fsp3) is 0.900. The molecule has 2 heterocycles. The second kappa shape index (κ2) is 4.33. The van der Waals surface area contributed by atoms with Gasteiger partial charge in [-0.1, -0.05) is 0 Å². The first-order valence-corrected chi connectivity index (χ1v) is 7.49. The number of likely N-dealkylation sites (N-methyl/N-ethyl adjacent to an activating group) is 1. The van der Waals surface area contributed by atoms with Crippen molar-refractivity contribution in [2.75, 3.05) is 31.6 Å². The van der Waals surface area contributed by atoms with E-state index in [0.717, 1.165) is 19.5 Å². The van der Waals surface area contributed by atoms with E-state index < -0.39 is 9.84 Å². The van der Waals surface area contributed by atoms with Crippen LogP contribution in [0.2, 0.25) is 0 Å². The van der Waals surface area contributed by atoms with Crippen LogP contribution in [-0.2, 0) is 14.6 Å². The number of hydrogen-bond acceptors (Lipinski definition) is 4. The molecule has 0 spiro atoms. The highest BCUT2D eigenvalue weighted by Gasteiger charge is 2.36. The number of carbonyl (C=O) groups excluding carboxylic acids is 1. The molecule has 5 nitrogen and oxygen atoms in total. The monoisotopic (exact) mass is 246 g/mol. The fourth-order valence-corrected chi connectivity index (χ4v) is 4.16. The molecule has 0 aromatic carbocycles. The molecule has 0 saturated carbocycles. The third kappa shape index (κ3) is 2.38. The first-order valence-electron chi connectivity index (χ1n) is 5.67. The van der Waals surface area contributed by atoms with Gasteiger partial charge in [0.05, 0.1) is 17.4 Å². The maximum Gasteiger partial charge on any atom is 0.226 e. The number of rotatable bonds is 2. The fourth-order valence-electron chi connectivity index (χ4n) is 2.43. The van der Waals surface area contributed by atoms with E-state index in [1.54, 1.807) is 11.9 Å². The number of carbonyl (C=O) groups is 1. The number of hydrogen-bond donors (Lipinski definition) is 1. The van der Waals surface area contributed by atoms with Crippen LogP contribution in [0.5, 0.6) is 0 Å². The van der Waals surface area contributed by atoms with Crippen LogP contribution in [0.3, 0.4) is 0 Å². The van der Waals surface area contributed by atoms with E-state index in [-0.39, 0.29) is 29.4 Å². The van der Waals surface area contributed by atoms with Gasteiger partial charge in [0.15, 0.2) is 9.84 Å². The number of nitrogens with zero attached hydrogens (tertiary/aromatic N) is 1. The molecule has 0 aromatic heterocycles. The van der Waals surface area contributed by atoms with Crippen LogP contribution < -0.4 is 5.32 Å². The number of amides is 1. The van der Waals surface area contributed by atoms with Crippen molar-refractivity contribution < 1.29 is 13.2 Å². The maximum atomic E-state index is 12.1. The molecule has 0 aromatic rings. The average molecular weight is 246 g/mol. The second-order valence-corrected chi connectivity index (χ2v) is 6.92. The van der Waals surface area contributed by atoms with Crippen molar-refractivity contribution in [2.24, 2.45) is 5.92 Å². The number of sulfone groups is 1. The second-order valence-electron chi connectivity index (χ2n) is 4.70. The zero-order valence-corrected chi connectivity index (χ0v) is 10.3. The topological polar surface area (TPSA) is 66.5 Å². The van der Waals surface area contributed by atoms with Crippen LogP contribution in [0, 0.1) is 5.92 Å². The van der Waals surface area contributed by atoms with Gasteiger partial charge in [0.2, 0.25) is 5.91 Å². The number of nitrogens with one attached hydrogen (secondary N) is 1. The molecule has 2 atom stereocenters. The highest BCUT2D eigenvalue weighted by Crippen LogP contribution is 2.21. The van der Waals surface area contributed by atoms with E-state index in [1.807, 2.05) is 0 Å². The van der Waals surface area contributed by atoms with Crippen molar-refractivity contribution in [1.29, 1.82) is 0 Å². The summed E-state index contributed by atoms with van der Waals surface area (Å²) in [6.07, 6.45) is 1.45. The molecule has 2 fully saturated rings. The Morgan fingerprint density at radius 3 is 2.62 bits per heavy atom. The van der Waals surface area contributed by atoms with Gasteiger partial charge in [0.1, 0.15) is 0 Å². The van der Waals surface area contributed by atoms with Crippen molar-refractivity contribution in [2.45, 2.75) is 18.9 Å². The lowest BCUT2D eigenvalue weighted by Gasteiger charge is -2.26. The average Bonchev–Trinajstić information content (AvgIpc) is 2.84. The van der Waals surface area contributed by atoms with Gasteiger partial charge in [-0.15, -0.1) is 0 Å². The van der Waals surface area contributed by atoms with Gasteiger partial charge in [-0.05, 0) is 19.4 Å². The molecule has 0 aliphatic carbocycles. The lowest BCUT2D eigenvalue weighted by molar-refractivity contribution is -0.135. The van der Waals surface area contributed by atoms with Crippen LogP contribution >= 0.6 is 0 Å². The van der Waals surface area contributed by atoms with Crippen LogP contribution in [0.1, 0.15) is 12.8 Å². The van der Waals surface area contributed by atoms with Gasteiger partial charge >= 0.3 is 0 Å². The molecule has 2 aliphatic heterocycles. The van der Waals surface area contributed by atoms with Crippen molar-refractivity contribution in [3.63, 3.8) is 0 Å². The van der Waals surface area contributed by atoms with Crippen molar-refractivity contribution in [3.8, 4) is 0 Å². The Balaban J connectivity index is 1.97. The van der Waals surface area contributed by atoms with Crippen molar-refractivity contribution in [3.05, 3.63) is 0 Å². The molecule has 2 aliphatic rings. The Bertz CT molecular complexity index is 374. The van der Waals surface area contributed by atoms with Gasteiger partial charge in [0, 0.05) is 19.6 Å². The summed E-state index contributed by atoms with van der Waals surface area (Å²) in [5, 5.41) is 3.20. The maximum absolute atomic E-state index is 12.1. The molecule has 1 N–H and O–H groups in total. The molecule has 2 rings (SSSR count). The molecular weight excluding hydrogens is 228 g/mol. The first-order chi connectivity index (χ1) is 7.49. The van der Waals surface area contributed by atoms with Gasteiger partial charge in [0.25, 0.3) is 0 Å². The summed E-state index contributed by atoms with van der Waals surface area (Å²) in [6.45, 7) is 1.76. The molecule has 2 saturated heterocycles. The van der Waals surface area contributed by atoms with E-state index in [1.165, 1.54) is 0 Å². The quantitative estimate of drug-likeness (QED) is 0.695. The van der Waals surface area contributed by atoms with Crippen LogP contribution in [-0.4, -0.2) is 56.9 Å². The van der Waals surface area contributed by atoms with Crippen LogP contribution in [0.15, 0.2) is 0 Å². The summed E-state index contributed by atoms with van der Waals surface area (Å²) in [7, 11) is -1.18. The minimum absolute atomic E-state index is 0.00484. The summed E-state index contributed by atoms with van der Waals surface area (Å²) < 4.78 is 22.6. The summed E-state index contributed by atoms with van der Waals surface area (Å²) in [5.41, 5.74) is 0. The summed E-state index contributed by atoms with van der Waals surface area (Å²) in [6, 6.07) is 0.232. The Morgan fingerprint density at radius 1 is 1.38 bits per heavy atom. The third-order valence-electron chi connectivity index (χ3n) is 3.51. The summed E-state index contributed by atoms with van der Waals surface area (Å²) in [5.74, 6) is -0.110. The lowest BCUT2D eigenvalue weighted by Crippen LogP contribution is -2.42. The van der Waals surface area contributed by atoms with Gasteiger partial charge in [-0.2, -0.15) is 0 Å². The van der Waals surface area contributed by atoms with Crippen molar-refractivity contribution in [1.82, 2.24) is 10.2 Å². The third-order valence-corrected chi connectivity index (χ3v) is 5.28. The Labute approximate surface area is 96.1 Å². The molecule has 1 amide bonds. The van der Waals surface area contributed by atoms with Gasteiger partial charge in [-0.25, -0.2) is 8.42 Å². The predicted molar refractivity (Wildman–Crippen MR) is 60.8 cm³/mol. The van der Waals surface area contributed by atoms with Gasteiger partial charge < -0.3 is 10.2 Å². The van der Waals surface area contributed by atoms with Crippen molar-refractivity contribution >= 4 is 15.7 Å². The van der Waals surface area contributed by atoms with Crippen LogP contribution in [0.4, 0.5) is 0 Å². The summed E-state index contributed by atoms with van der Waals surface area (Å²) >= 11 is 0. The molecule has 6 heteroatoms. The molecule has 0 radical (unpaired) electrons. The Hall–Kier alpha value is -0.620. The van der Waals surface area contributed by atoms with E-state index in [4.69, 9.17) is 0 Å². The first kappa shape index (κ1) is 11.9. The lowest BCUT2D eigenvalue weighted by atomic mass is 10.1. The Morgan fingerprint density at radius 2 is 2.12 bits per heavy atom. The highest BCUT2D eigenvalue weighted by molar-refractivity contribution is 7.91. The standard InChI is InChI=1S/C10H18N2O3S/c1-12(9-2-4-11-6-9)10(13)8-3-5-16(14,15)7-8/h8-9,11H,2-7H2,1H3. The molecule has 16 heavy (non-hydrogen) atoms. The zero-order valence-electron chi connectivity index (χ0n) is 9.48. The smallest absolute Gasteiger partial charge is 0.226 e. The minimum Gasteiger partial charge on any atom is -0.341 e. The largest absolute Gasteiger partial charge is 0.341 e. The SMILES string of the molecule is CN(C(=O)C1CCS(=O)(=O)C1)C1CCNC1. The zero-order chi connectivity index (χ0) is 11.8. The van der Waals surface area contributed by atoms with E-state index in [9.17, 15) is 13.2 Å². The van der Waals surface area contributed by atoms with E-state index in [0.29, 0.717) is 6.42 Å². The van der Waals surface area contributed by atoms with E-state index in [2.05, 4.69) is 5.32 Å². The highest BCUT2D eigenvalue weighted by atomic mass is 32.2. The molecule has 2 unspecified atom stereocenters. The van der Waals surface area contributed by atoms with Gasteiger partial charge in [-0.3, -0.25) is 4.79 Å².